The molecule has 98 valence electrons. The van der Waals surface area contributed by atoms with Crippen LogP contribution in [0.4, 0.5) is 0 Å². The van der Waals surface area contributed by atoms with Crippen LogP contribution < -0.4 is 0 Å². The second-order valence-corrected chi connectivity index (χ2v) is 5.33. The zero-order valence-corrected chi connectivity index (χ0v) is 11.2. The minimum absolute atomic E-state index is 0.260. The quantitative estimate of drug-likeness (QED) is 0.701. The van der Waals surface area contributed by atoms with Crippen molar-refractivity contribution in [2.24, 2.45) is 5.92 Å². The average Bonchev–Trinajstić information content (AvgIpc) is 2.71. The molecule has 2 heterocycles. The number of hydrogen-bond donors (Lipinski definition) is 0. The molecule has 0 aromatic heterocycles. The molecule has 0 N–H and O–H groups in total. The molecule has 2 atom stereocenters. The number of hydrogen-bond acceptors (Lipinski definition) is 3. The average molecular weight is 261 g/mol. The predicted octanol–water partition coefficient (Wildman–Crippen LogP) is 0.794. The van der Waals surface area contributed by atoms with Crippen LogP contribution in [0.1, 0.15) is 13.3 Å². The van der Waals surface area contributed by atoms with Gasteiger partial charge < -0.3 is 9.64 Å². The van der Waals surface area contributed by atoms with E-state index in [0.717, 1.165) is 39.4 Å². The third kappa shape index (κ3) is 3.33. The third-order valence-electron chi connectivity index (χ3n) is 3.67. The third-order valence-corrected chi connectivity index (χ3v) is 4.10. The molecule has 0 bridgehead atoms. The molecule has 17 heavy (non-hydrogen) atoms. The summed E-state index contributed by atoms with van der Waals surface area (Å²) in [7, 11) is 0. The van der Waals surface area contributed by atoms with Crippen molar-refractivity contribution in [1.29, 1.82) is 0 Å². The molecular formula is C12H21ClN2O2. The molecule has 1 amide bonds. The smallest absolute Gasteiger partial charge is 0.223 e. The highest BCUT2D eigenvalue weighted by molar-refractivity contribution is 6.18. The van der Waals surface area contributed by atoms with Gasteiger partial charge in [0.15, 0.2) is 0 Å². The van der Waals surface area contributed by atoms with E-state index in [-0.39, 0.29) is 5.91 Å². The Morgan fingerprint density at radius 3 is 2.76 bits per heavy atom. The zero-order valence-electron chi connectivity index (χ0n) is 10.4. The van der Waals surface area contributed by atoms with Crippen molar-refractivity contribution < 1.29 is 9.53 Å². The molecule has 2 rings (SSSR count). The number of carbonyl (C=O) groups excluding carboxylic acids is 1. The fourth-order valence-electron chi connectivity index (χ4n) is 2.59. The lowest BCUT2D eigenvalue weighted by Crippen LogP contribution is -2.47. The van der Waals surface area contributed by atoms with Crippen LogP contribution in [0.15, 0.2) is 0 Å². The molecule has 2 unspecified atom stereocenters. The van der Waals surface area contributed by atoms with E-state index >= 15 is 0 Å². The number of ether oxygens (including phenoxy) is 1. The molecule has 0 radical (unpaired) electrons. The van der Waals surface area contributed by atoms with E-state index in [2.05, 4.69) is 11.8 Å². The first kappa shape index (κ1) is 13.1. The number of carbonyl (C=O) groups is 1. The summed E-state index contributed by atoms with van der Waals surface area (Å²) >= 11 is 5.82. The zero-order chi connectivity index (χ0) is 12.3. The fourth-order valence-corrected chi connectivity index (χ4v) is 2.79. The molecular weight excluding hydrogens is 240 g/mol. The van der Waals surface area contributed by atoms with Gasteiger partial charge >= 0.3 is 0 Å². The van der Waals surface area contributed by atoms with E-state index in [9.17, 15) is 4.79 Å². The lowest BCUT2D eigenvalue weighted by Gasteiger charge is -2.34. The minimum Gasteiger partial charge on any atom is -0.379 e. The Labute approximate surface area is 108 Å². The van der Waals surface area contributed by atoms with Crippen LogP contribution >= 0.6 is 11.6 Å². The first-order valence-electron chi connectivity index (χ1n) is 6.36. The molecule has 5 heteroatoms. The van der Waals surface area contributed by atoms with Gasteiger partial charge in [-0.2, -0.15) is 0 Å². The van der Waals surface area contributed by atoms with Crippen LogP contribution in [0.3, 0.4) is 0 Å². The molecule has 2 fully saturated rings. The topological polar surface area (TPSA) is 32.8 Å². The molecule has 2 saturated heterocycles. The van der Waals surface area contributed by atoms with E-state index in [1.165, 1.54) is 0 Å². The van der Waals surface area contributed by atoms with E-state index in [1.54, 1.807) is 0 Å². The molecule has 0 aromatic rings. The fraction of sp³-hybridized carbons (Fsp3) is 0.917. The summed E-state index contributed by atoms with van der Waals surface area (Å²) < 4.78 is 5.34. The maximum absolute atomic E-state index is 11.8. The van der Waals surface area contributed by atoms with Crippen molar-refractivity contribution in [1.82, 2.24) is 9.80 Å². The van der Waals surface area contributed by atoms with Crippen molar-refractivity contribution in [2.45, 2.75) is 19.4 Å². The van der Waals surface area contributed by atoms with Gasteiger partial charge in [-0.1, -0.05) is 0 Å². The Morgan fingerprint density at radius 2 is 2.18 bits per heavy atom. The molecule has 0 spiro atoms. The highest BCUT2D eigenvalue weighted by Gasteiger charge is 2.30. The van der Waals surface area contributed by atoms with Crippen LogP contribution in [-0.2, 0) is 9.53 Å². The Kier molecular flexibility index (Phi) is 4.65. The maximum atomic E-state index is 11.8. The molecule has 2 aliphatic heterocycles. The Bertz CT molecular complexity index is 269. The number of rotatable bonds is 4. The number of amides is 1. The molecule has 4 nitrogen and oxygen atoms in total. The normalized spacial score (nSPS) is 28.7. The van der Waals surface area contributed by atoms with Gasteiger partial charge in [-0.15, -0.1) is 11.6 Å². The first-order valence-corrected chi connectivity index (χ1v) is 6.89. The van der Waals surface area contributed by atoms with Gasteiger partial charge in [0.05, 0.1) is 13.2 Å². The van der Waals surface area contributed by atoms with Gasteiger partial charge in [0.1, 0.15) is 0 Å². The largest absolute Gasteiger partial charge is 0.379 e. The summed E-state index contributed by atoms with van der Waals surface area (Å²) in [5, 5.41) is 0. The first-order chi connectivity index (χ1) is 8.20. The van der Waals surface area contributed by atoms with Crippen molar-refractivity contribution in [2.75, 3.05) is 45.3 Å². The highest BCUT2D eigenvalue weighted by Crippen LogP contribution is 2.20. The Morgan fingerprint density at radius 1 is 1.47 bits per heavy atom. The standard InChI is InChI=1S/C12H21ClN2O2/c1-10(14-2-4-17-5-3-14)8-15-9-11(7-13)6-12(15)16/h10-11H,2-9H2,1H3. The summed E-state index contributed by atoms with van der Waals surface area (Å²) in [4.78, 5) is 16.1. The SMILES string of the molecule is CC(CN1CC(CCl)CC1=O)N1CCOCC1. The number of morpholine rings is 1. The highest BCUT2D eigenvalue weighted by atomic mass is 35.5. The number of halogens is 1. The Hall–Kier alpha value is -0.320. The monoisotopic (exact) mass is 260 g/mol. The van der Waals surface area contributed by atoms with Crippen molar-refractivity contribution in [3.8, 4) is 0 Å². The van der Waals surface area contributed by atoms with Crippen molar-refractivity contribution in [3.05, 3.63) is 0 Å². The van der Waals surface area contributed by atoms with Gasteiger partial charge in [0.2, 0.25) is 5.91 Å². The number of likely N-dealkylation sites (tertiary alicyclic amines) is 1. The summed E-state index contributed by atoms with van der Waals surface area (Å²) in [6.45, 7) is 7.41. The van der Waals surface area contributed by atoms with E-state index in [4.69, 9.17) is 16.3 Å². The van der Waals surface area contributed by atoms with Gasteiger partial charge in [-0.05, 0) is 12.8 Å². The molecule has 2 aliphatic rings. The van der Waals surface area contributed by atoms with Gasteiger partial charge in [0.25, 0.3) is 0 Å². The van der Waals surface area contributed by atoms with Gasteiger partial charge in [0, 0.05) is 44.5 Å². The molecule has 0 aliphatic carbocycles. The number of nitrogens with zero attached hydrogens (tertiary/aromatic N) is 2. The van der Waals surface area contributed by atoms with Crippen molar-refractivity contribution in [3.63, 3.8) is 0 Å². The minimum atomic E-state index is 0.260. The summed E-state index contributed by atoms with van der Waals surface area (Å²) in [5.41, 5.74) is 0. The summed E-state index contributed by atoms with van der Waals surface area (Å²) in [6.07, 6.45) is 0.624. The Balaban J connectivity index is 1.81. The van der Waals surface area contributed by atoms with E-state index in [1.807, 2.05) is 4.90 Å². The lowest BCUT2D eigenvalue weighted by molar-refractivity contribution is -0.128. The van der Waals surface area contributed by atoms with Gasteiger partial charge in [-0.3, -0.25) is 9.69 Å². The molecule has 0 saturated carbocycles. The summed E-state index contributed by atoms with van der Waals surface area (Å²) in [6, 6.07) is 0.414. The van der Waals surface area contributed by atoms with Crippen LogP contribution in [0.5, 0.6) is 0 Å². The van der Waals surface area contributed by atoms with Gasteiger partial charge in [-0.25, -0.2) is 0 Å². The van der Waals surface area contributed by atoms with Crippen LogP contribution in [0.2, 0.25) is 0 Å². The van der Waals surface area contributed by atoms with Crippen LogP contribution in [-0.4, -0.2) is 67.0 Å². The van der Waals surface area contributed by atoms with E-state index in [0.29, 0.717) is 24.3 Å². The lowest BCUT2D eigenvalue weighted by atomic mass is 10.1. The van der Waals surface area contributed by atoms with Crippen LogP contribution in [0, 0.1) is 5.92 Å². The predicted molar refractivity (Wildman–Crippen MR) is 67.3 cm³/mol. The van der Waals surface area contributed by atoms with Crippen molar-refractivity contribution >= 4 is 17.5 Å². The molecule has 0 aromatic carbocycles. The second kappa shape index (κ2) is 6.03. The second-order valence-electron chi connectivity index (χ2n) is 5.02. The summed E-state index contributed by atoms with van der Waals surface area (Å²) in [5.74, 6) is 1.20. The van der Waals surface area contributed by atoms with E-state index < -0.39 is 0 Å². The maximum Gasteiger partial charge on any atom is 0.223 e. The number of alkyl halides is 1. The van der Waals surface area contributed by atoms with Crippen LogP contribution in [0.25, 0.3) is 0 Å².